The van der Waals surface area contributed by atoms with Gasteiger partial charge in [-0.25, -0.2) is 13.4 Å². The highest BCUT2D eigenvalue weighted by Crippen LogP contribution is 2.25. The molecule has 1 saturated carbocycles. The van der Waals surface area contributed by atoms with Crippen molar-refractivity contribution in [3.8, 4) is 0 Å². The number of piperazine rings is 1. The van der Waals surface area contributed by atoms with Gasteiger partial charge in [-0.15, -0.1) is 0 Å². The number of nitrogens with zero attached hydrogens (tertiary/aromatic N) is 2. The van der Waals surface area contributed by atoms with Crippen molar-refractivity contribution < 1.29 is 8.42 Å². The highest BCUT2D eigenvalue weighted by molar-refractivity contribution is 7.91. The molecule has 1 saturated heterocycles. The van der Waals surface area contributed by atoms with E-state index in [9.17, 15) is 8.42 Å². The van der Waals surface area contributed by atoms with E-state index in [0.29, 0.717) is 0 Å². The molecule has 6 heteroatoms. The molecule has 2 fully saturated rings. The first-order valence-electron chi connectivity index (χ1n) is 6.35. The summed E-state index contributed by atoms with van der Waals surface area (Å²) < 4.78 is 23.3. The maximum absolute atomic E-state index is 11.7. The summed E-state index contributed by atoms with van der Waals surface area (Å²) in [5.41, 5.74) is 3.42. The summed E-state index contributed by atoms with van der Waals surface area (Å²) in [7, 11) is -0.796. The number of sulfone groups is 1. The zero-order valence-corrected chi connectivity index (χ0v) is 11.5. The van der Waals surface area contributed by atoms with Crippen LogP contribution in [0.3, 0.4) is 0 Å². The lowest BCUT2D eigenvalue weighted by Gasteiger charge is -2.35. The van der Waals surface area contributed by atoms with Crippen LogP contribution in [0.5, 0.6) is 0 Å². The molecule has 0 aromatic rings. The molecule has 2 rings (SSSR count). The molecule has 0 bridgehead atoms. The van der Waals surface area contributed by atoms with E-state index in [-0.39, 0.29) is 11.3 Å². The van der Waals surface area contributed by atoms with Gasteiger partial charge >= 0.3 is 0 Å². The normalized spacial score (nSPS) is 33.1. The molecular formula is C11H23N3O2S. The number of hydrazine groups is 1. The van der Waals surface area contributed by atoms with E-state index in [4.69, 9.17) is 0 Å². The van der Waals surface area contributed by atoms with E-state index < -0.39 is 9.84 Å². The van der Waals surface area contributed by atoms with Crippen molar-refractivity contribution in [2.75, 3.05) is 39.5 Å². The largest absolute Gasteiger partial charge is 0.304 e. The van der Waals surface area contributed by atoms with E-state index in [0.717, 1.165) is 45.4 Å². The zero-order chi connectivity index (χ0) is 12.5. The van der Waals surface area contributed by atoms with Crippen molar-refractivity contribution in [1.82, 2.24) is 15.3 Å². The minimum absolute atomic E-state index is 0.119. The topological polar surface area (TPSA) is 52.6 Å². The minimum atomic E-state index is -2.91. The number of likely N-dealkylation sites (N-methyl/N-ethyl adjacent to an activating group) is 1. The monoisotopic (exact) mass is 261 g/mol. The summed E-state index contributed by atoms with van der Waals surface area (Å²) >= 11 is 0. The molecule has 5 nitrogen and oxygen atoms in total. The summed E-state index contributed by atoms with van der Waals surface area (Å²) in [4.78, 5) is 2.29. The van der Waals surface area contributed by atoms with Crippen molar-refractivity contribution in [3.05, 3.63) is 0 Å². The summed E-state index contributed by atoms with van der Waals surface area (Å²) in [6, 6.07) is 0.119. The van der Waals surface area contributed by atoms with E-state index in [1.165, 1.54) is 6.26 Å². The average Bonchev–Trinajstić information content (AvgIpc) is 2.69. The Morgan fingerprint density at radius 1 is 1.12 bits per heavy atom. The predicted octanol–water partition coefficient (Wildman–Crippen LogP) is -0.296. The predicted molar refractivity (Wildman–Crippen MR) is 68.5 cm³/mol. The molecular weight excluding hydrogens is 238 g/mol. The quantitative estimate of drug-likeness (QED) is 0.756. The van der Waals surface area contributed by atoms with Crippen molar-refractivity contribution in [3.63, 3.8) is 0 Å². The second kappa shape index (κ2) is 5.22. The van der Waals surface area contributed by atoms with Crippen LogP contribution in [0.1, 0.15) is 19.3 Å². The Morgan fingerprint density at radius 2 is 1.76 bits per heavy atom. The lowest BCUT2D eigenvalue weighted by atomic mass is 10.2. The molecule has 1 aliphatic heterocycles. The van der Waals surface area contributed by atoms with Crippen molar-refractivity contribution in [1.29, 1.82) is 0 Å². The molecule has 1 aliphatic carbocycles. The van der Waals surface area contributed by atoms with Crippen molar-refractivity contribution >= 4 is 9.84 Å². The third kappa shape index (κ3) is 3.40. The van der Waals surface area contributed by atoms with E-state index in [1.807, 2.05) is 0 Å². The van der Waals surface area contributed by atoms with Crippen LogP contribution >= 0.6 is 0 Å². The van der Waals surface area contributed by atoms with Gasteiger partial charge in [-0.1, -0.05) is 6.42 Å². The van der Waals surface area contributed by atoms with Crippen LogP contribution in [-0.4, -0.2) is 69.1 Å². The average molecular weight is 261 g/mol. The van der Waals surface area contributed by atoms with Crippen LogP contribution in [0.2, 0.25) is 0 Å². The standard InChI is InChI=1S/C11H23N3O2S/c1-13-6-8-14(9-7-13)12-10-4-3-5-11(10)17(2,15)16/h10-12H,3-9H2,1-2H3. The molecule has 0 aromatic carbocycles. The Balaban J connectivity index is 1.90. The van der Waals surface area contributed by atoms with Gasteiger partial charge in [-0.3, -0.25) is 5.43 Å². The first-order chi connectivity index (χ1) is 7.97. The van der Waals surface area contributed by atoms with Crippen LogP contribution in [-0.2, 0) is 9.84 Å². The Labute approximate surface area is 104 Å². The number of rotatable bonds is 3. The highest BCUT2D eigenvalue weighted by atomic mass is 32.2. The van der Waals surface area contributed by atoms with Gasteiger partial charge in [0.05, 0.1) is 5.25 Å². The second-order valence-electron chi connectivity index (χ2n) is 5.32. The lowest BCUT2D eigenvalue weighted by molar-refractivity contribution is 0.0883. The second-order valence-corrected chi connectivity index (χ2v) is 7.59. The Hall–Kier alpha value is -0.170. The van der Waals surface area contributed by atoms with Crippen molar-refractivity contribution in [2.45, 2.75) is 30.6 Å². The fourth-order valence-electron chi connectivity index (χ4n) is 2.76. The maximum Gasteiger partial charge on any atom is 0.151 e. The van der Waals surface area contributed by atoms with E-state index >= 15 is 0 Å². The molecule has 1 N–H and O–H groups in total. The van der Waals surface area contributed by atoms with Gasteiger partial charge in [0, 0.05) is 38.5 Å². The Morgan fingerprint density at radius 3 is 2.35 bits per heavy atom. The maximum atomic E-state index is 11.7. The summed E-state index contributed by atoms with van der Waals surface area (Å²) in [6.07, 6.45) is 4.17. The SMILES string of the molecule is CN1CCN(NC2CCCC2S(C)(=O)=O)CC1. The van der Waals surface area contributed by atoms with Crippen LogP contribution in [0.4, 0.5) is 0 Å². The summed E-state index contributed by atoms with van der Waals surface area (Å²) in [6.45, 7) is 4.04. The van der Waals surface area contributed by atoms with Crippen LogP contribution in [0.25, 0.3) is 0 Å². The van der Waals surface area contributed by atoms with Gasteiger partial charge in [-0.2, -0.15) is 0 Å². The Bertz CT molecular complexity index is 350. The number of hydrogen-bond acceptors (Lipinski definition) is 5. The molecule has 1 heterocycles. The van der Waals surface area contributed by atoms with Crippen LogP contribution in [0, 0.1) is 0 Å². The lowest BCUT2D eigenvalue weighted by Crippen LogP contribution is -2.56. The van der Waals surface area contributed by atoms with Gasteiger partial charge in [0.2, 0.25) is 0 Å². The highest BCUT2D eigenvalue weighted by Gasteiger charge is 2.35. The summed E-state index contributed by atoms with van der Waals surface area (Å²) in [5, 5.41) is 2.00. The number of nitrogens with one attached hydrogen (secondary N) is 1. The smallest absolute Gasteiger partial charge is 0.151 e. The molecule has 0 aromatic heterocycles. The molecule has 0 spiro atoms. The van der Waals surface area contributed by atoms with Crippen LogP contribution in [0.15, 0.2) is 0 Å². The van der Waals surface area contributed by atoms with Gasteiger partial charge < -0.3 is 4.90 Å². The minimum Gasteiger partial charge on any atom is -0.304 e. The molecule has 17 heavy (non-hydrogen) atoms. The zero-order valence-electron chi connectivity index (χ0n) is 10.7. The molecule has 2 atom stereocenters. The van der Waals surface area contributed by atoms with E-state index in [2.05, 4.69) is 22.4 Å². The number of hydrogen-bond donors (Lipinski definition) is 1. The van der Waals surface area contributed by atoms with Crippen LogP contribution < -0.4 is 5.43 Å². The van der Waals surface area contributed by atoms with Crippen molar-refractivity contribution in [2.24, 2.45) is 0 Å². The molecule has 0 amide bonds. The first kappa shape index (κ1) is 13.3. The van der Waals surface area contributed by atoms with Gasteiger partial charge in [-0.05, 0) is 19.9 Å². The summed E-state index contributed by atoms with van der Waals surface area (Å²) in [5.74, 6) is 0. The first-order valence-corrected chi connectivity index (χ1v) is 8.31. The van der Waals surface area contributed by atoms with Gasteiger partial charge in [0.25, 0.3) is 0 Å². The third-order valence-corrected chi connectivity index (χ3v) is 5.52. The van der Waals surface area contributed by atoms with Gasteiger partial charge in [0.15, 0.2) is 9.84 Å². The molecule has 2 unspecified atom stereocenters. The molecule has 100 valence electrons. The Kier molecular flexibility index (Phi) is 4.07. The fourth-order valence-corrected chi connectivity index (χ4v) is 4.14. The third-order valence-electron chi connectivity index (χ3n) is 3.85. The van der Waals surface area contributed by atoms with E-state index in [1.54, 1.807) is 0 Å². The molecule has 2 aliphatic rings. The molecule has 0 radical (unpaired) electrons. The fraction of sp³-hybridized carbons (Fsp3) is 1.00. The van der Waals surface area contributed by atoms with Gasteiger partial charge in [0.1, 0.15) is 0 Å².